The minimum Gasteiger partial charge on any atom is -0.377 e. The molecule has 0 saturated carbocycles. The molecular weight excluding hydrogens is 657 g/mol. The second-order valence-corrected chi connectivity index (χ2v) is 7.87. The Morgan fingerprint density at radius 1 is 0.512 bits per heavy atom. The third-order valence-electron chi connectivity index (χ3n) is 4.84. The van der Waals surface area contributed by atoms with Crippen LogP contribution in [0.4, 0.5) is 74.6 Å². The van der Waals surface area contributed by atoms with Crippen molar-refractivity contribution in [2.24, 2.45) is 0 Å². The average Bonchev–Trinajstić information content (AvgIpc) is 2.87. The summed E-state index contributed by atoms with van der Waals surface area (Å²) in [6.07, 6.45) is -2.93. The highest BCUT2D eigenvalue weighted by Gasteiger charge is 2.95. The van der Waals surface area contributed by atoms with E-state index < -0.39 is 66.7 Å². The monoisotopic (exact) mass is 677 g/mol. The zero-order chi connectivity index (χ0) is 34.2. The van der Waals surface area contributed by atoms with Gasteiger partial charge in [-0.3, -0.25) is 4.79 Å². The lowest BCUT2D eigenvalue weighted by Gasteiger charge is -2.42. The lowest BCUT2D eigenvalue weighted by molar-refractivity contribution is -0.459. The van der Waals surface area contributed by atoms with Gasteiger partial charge in [0.15, 0.2) is 0 Å². The van der Waals surface area contributed by atoms with Gasteiger partial charge in [0.25, 0.3) is 5.91 Å². The lowest BCUT2D eigenvalue weighted by atomic mass is 9.89. The summed E-state index contributed by atoms with van der Waals surface area (Å²) in [5.41, 5.74) is 0. The van der Waals surface area contributed by atoms with Crippen LogP contribution in [0.15, 0.2) is 0 Å². The Morgan fingerprint density at radius 3 is 1.21 bits per heavy atom. The summed E-state index contributed by atoms with van der Waals surface area (Å²) in [5.74, 6) is -59.6. The zero-order valence-corrected chi connectivity index (χ0v) is 20.9. The van der Waals surface area contributed by atoms with E-state index in [9.17, 15) is 79.4 Å². The maximum Gasteiger partial charge on any atom is 0.460 e. The Bertz CT molecular complexity index is 934. The van der Waals surface area contributed by atoms with E-state index in [1.54, 1.807) is 0 Å². The first-order valence-electron chi connectivity index (χ1n) is 11.0. The number of hydrogen-bond acceptors (Lipinski definition) is 5. The van der Waals surface area contributed by atoms with E-state index in [2.05, 4.69) is 10.7 Å². The molecule has 254 valence electrons. The molecule has 0 fully saturated rings. The SMILES string of the molecule is C#CCOCCOCCOCCOCCNC(=O)C(F)(F)C(F)(F)C(F)(F)C(F)(F)C(F)(F)C(F)(F)C(F)(F)C(F)(F)F. The summed E-state index contributed by atoms with van der Waals surface area (Å²) < 4.78 is 244. The Balaban J connectivity index is 5.22. The van der Waals surface area contributed by atoms with Gasteiger partial charge < -0.3 is 24.3 Å². The van der Waals surface area contributed by atoms with E-state index in [4.69, 9.17) is 20.6 Å². The predicted molar refractivity (Wildman–Crippen MR) is 106 cm³/mol. The van der Waals surface area contributed by atoms with E-state index in [-0.39, 0.29) is 46.2 Å². The zero-order valence-electron chi connectivity index (χ0n) is 20.9. The molecule has 0 aliphatic carbocycles. The van der Waals surface area contributed by atoms with Gasteiger partial charge >= 0.3 is 47.6 Å². The van der Waals surface area contributed by atoms with E-state index in [0.717, 1.165) is 5.32 Å². The van der Waals surface area contributed by atoms with Gasteiger partial charge in [0.2, 0.25) is 0 Å². The molecule has 0 heterocycles. The van der Waals surface area contributed by atoms with Crippen LogP contribution in [0.5, 0.6) is 0 Å². The van der Waals surface area contributed by atoms with Gasteiger partial charge in [0, 0.05) is 6.54 Å². The Kier molecular flexibility index (Phi) is 13.9. The summed E-state index contributed by atoms with van der Waals surface area (Å²) in [4.78, 5) is 11.3. The van der Waals surface area contributed by atoms with Crippen LogP contribution < -0.4 is 5.32 Å². The standard InChI is InChI=1S/C20H20F17NO5/c1-2-4-40-6-8-42-10-11-43-9-7-41-5-3-38-12(39)13(21,22)14(23,24)15(25,26)16(27,28)17(29,30)18(31,32)19(33,34)20(35,36)37/h1H,3-11H2,(H,38,39). The van der Waals surface area contributed by atoms with Gasteiger partial charge in [-0.2, -0.15) is 74.6 Å². The number of rotatable bonds is 20. The number of terminal acetylenes is 1. The largest absolute Gasteiger partial charge is 0.460 e. The van der Waals surface area contributed by atoms with Gasteiger partial charge in [0.05, 0.1) is 46.2 Å². The molecule has 0 aromatic carbocycles. The van der Waals surface area contributed by atoms with Crippen LogP contribution in [0.25, 0.3) is 0 Å². The molecule has 0 saturated heterocycles. The predicted octanol–water partition coefficient (Wildman–Crippen LogP) is 4.81. The molecule has 23 heteroatoms. The summed E-state index contributed by atoms with van der Waals surface area (Å²) in [5, 5.41) is 0.744. The maximum atomic E-state index is 13.8. The molecule has 0 bridgehead atoms. The summed E-state index contributed by atoms with van der Waals surface area (Å²) in [6.45, 7) is -2.37. The maximum absolute atomic E-state index is 13.8. The molecule has 0 aromatic heterocycles. The second kappa shape index (κ2) is 14.6. The molecule has 43 heavy (non-hydrogen) atoms. The quantitative estimate of drug-likeness (QED) is 0.114. The van der Waals surface area contributed by atoms with Crippen LogP contribution in [0, 0.1) is 12.3 Å². The van der Waals surface area contributed by atoms with Crippen LogP contribution >= 0.6 is 0 Å². The number of nitrogens with one attached hydrogen (secondary N) is 1. The molecule has 1 N–H and O–H groups in total. The average molecular weight is 677 g/mol. The van der Waals surface area contributed by atoms with Gasteiger partial charge in [-0.1, -0.05) is 5.92 Å². The number of carbonyl (C=O) groups excluding carboxylic acids is 1. The molecule has 0 aromatic rings. The van der Waals surface area contributed by atoms with Gasteiger partial charge in [0.1, 0.15) is 6.61 Å². The van der Waals surface area contributed by atoms with E-state index in [0.29, 0.717) is 0 Å². The third kappa shape index (κ3) is 8.24. The fraction of sp³-hybridized carbons (Fsp3) is 0.850. The topological polar surface area (TPSA) is 66.0 Å². The number of ether oxygens (including phenoxy) is 4. The van der Waals surface area contributed by atoms with Crippen molar-refractivity contribution in [2.45, 2.75) is 47.6 Å². The van der Waals surface area contributed by atoms with Crippen LogP contribution in [-0.2, 0) is 23.7 Å². The van der Waals surface area contributed by atoms with Crippen LogP contribution in [0.2, 0.25) is 0 Å². The van der Waals surface area contributed by atoms with E-state index in [1.165, 1.54) is 0 Å². The molecule has 0 rings (SSSR count). The molecule has 0 aliphatic rings. The van der Waals surface area contributed by atoms with Crippen molar-refractivity contribution in [3.63, 3.8) is 0 Å². The fourth-order valence-electron chi connectivity index (χ4n) is 2.45. The number of alkyl halides is 17. The molecular formula is C20H20F17NO5. The van der Waals surface area contributed by atoms with E-state index >= 15 is 0 Å². The minimum atomic E-state index is -8.77. The normalized spacial score (nSPS) is 14.5. The minimum absolute atomic E-state index is 0.0196. The molecule has 0 unspecified atom stereocenters. The van der Waals surface area contributed by atoms with Crippen LogP contribution in [0.3, 0.4) is 0 Å². The van der Waals surface area contributed by atoms with Crippen molar-refractivity contribution in [3.05, 3.63) is 0 Å². The smallest absolute Gasteiger partial charge is 0.377 e. The van der Waals surface area contributed by atoms with Crippen molar-refractivity contribution in [1.29, 1.82) is 0 Å². The van der Waals surface area contributed by atoms with Gasteiger partial charge in [-0.05, 0) is 0 Å². The first-order chi connectivity index (χ1) is 19.2. The second-order valence-electron chi connectivity index (χ2n) is 7.87. The molecule has 0 aliphatic heterocycles. The van der Waals surface area contributed by atoms with Gasteiger partial charge in [-0.15, -0.1) is 6.42 Å². The number of amides is 1. The lowest BCUT2D eigenvalue weighted by Crippen LogP contribution is -2.75. The molecule has 1 amide bonds. The van der Waals surface area contributed by atoms with Crippen LogP contribution in [-0.4, -0.2) is 113 Å². The van der Waals surface area contributed by atoms with Gasteiger partial charge in [-0.25, -0.2) is 0 Å². The Hall–Kier alpha value is -2.32. The van der Waals surface area contributed by atoms with Crippen molar-refractivity contribution < 1.29 is 98.4 Å². The fourth-order valence-corrected chi connectivity index (χ4v) is 2.45. The highest BCUT2D eigenvalue weighted by molar-refractivity contribution is 5.84. The Labute approximate surface area is 230 Å². The first kappa shape index (κ1) is 40.7. The highest BCUT2D eigenvalue weighted by Crippen LogP contribution is 2.63. The van der Waals surface area contributed by atoms with Crippen molar-refractivity contribution in [3.8, 4) is 12.3 Å². The summed E-state index contributed by atoms with van der Waals surface area (Å²) in [6, 6.07) is 0. The van der Waals surface area contributed by atoms with Crippen molar-refractivity contribution >= 4 is 5.91 Å². The molecule has 6 nitrogen and oxygen atoms in total. The van der Waals surface area contributed by atoms with Crippen molar-refractivity contribution in [1.82, 2.24) is 5.32 Å². The van der Waals surface area contributed by atoms with Crippen molar-refractivity contribution in [2.75, 3.05) is 59.4 Å². The number of carbonyl (C=O) groups is 1. The Morgan fingerprint density at radius 2 is 0.837 bits per heavy atom. The number of halogens is 17. The van der Waals surface area contributed by atoms with E-state index in [1.807, 2.05) is 0 Å². The highest BCUT2D eigenvalue weighted by atomic mass is 19.4. The summed E-state index contributed by atoms with van der Waals surface area (Å²) >= 11 is 0. The first-order valence-corrected chi connectivity index (χ1v) is 11.0. The molecule has 0 atom stereocenters. The van der Waals surface area contributed by atoms with Crippen LogP contribution in [0.1, 0.15) is 0 Å². The third-order valence-corrected chi connectivity index (χ3v) is 4.84. The summed E-state index contributed by atoms with van der Waals surface area (Å²) in [7, 11) is 0. The molecule has 0 spiro atoms. The number of hydrogen-bond donors (Lipinski definition) is 1. The molecule has 0 radical (unpaired) electrons.